The number of hydrogen-bond donors (Lipinski definition) is 0. The van der Waals surface area contributed by atoms with Gasteiger partial charge in [0.05, 0.1) is 5.69 Å². The highest BCUT2D eigenvalue weighted by molar-refractivity contribution is 5.74. The molecule has 0 aliphatic rings. The fourth-order valence-electron chi connectivity index (χ4n) is 1.42. The quantitative estimate of drug-likeness (QED) is 0.657. The molecule has 0 spiro atoms. The Morgan fingerprint density at radius 3 is 2.47 bits per heavy atom. The average Bonchev–Trinajstić information content (AvgIpc) is 2.15. The summed E-state index contributed by atoms with van der Waals surface area (Å²) in [6, 6.07) is 4.16. The molecule has 0 aliphatic heterocycles. The summed E-state index contributed by atoms with van der Waals surface area (Å²) in [5, 5.41) is 9.39. The van der Waals surface area contributed by atoms with Crippen LogP contribution in [0, 0.1) is 6.92 Å². The van der Waals surface area contributed by atoms with E-state index in [-0.39, 0.29) is 5.41 Å². The van der Waals surface area contributed by atoms with Gasteiger partial charge in [-0.05, 0) is 24.6 Å². The maximum Gasteiger partial charge on any atom is 0.181 e. The molecule has 3 nitrogen and oxygen atoms in total. The fraction of sp³-hybridized carbons (Fsp3) is 0.417. The van der Waals surface area contributed by atoms with E-state index in [0.29, 0.717) is 5.65 Å². The first-order valence-electron chi connectivity index (χ1n) is 5.07. The molecule has 2 aromatic rings. The Bertz CT molecular complexity index is 498. The van der Waals surface area contributed by atoms with E-state index >= 15 is 0 Å². The predicted molar refractivity (Wildman–Crippen MR) is 60.8 cm³/mol. The maximum atomic E-state index is 4.23. The lowest BCUT2D eigenvalue weighted by atomic mass is 9.91. The minimum absolute atomic E-state index is 0.0327. The van der Waals surface area contributed by atoms with Crippen LogP contribution >= 0.6 is 0 Å². The van der Waals surface area contributed by atoms with Crippen molar-refractivity contribution < 1.29 is 0 Å². The van der Waals surface area contributed by atoms with Gasteiger partial charge in [-0.3, -0.25) is 0 Å². The zero-order chi connectivity index (χ0) is 11.1. The van der Waals surface area contributed by atoms with Crippen molar-refractivity contribution in [1.82, 2.24) is 15.2 Å². The number of aromatic nitrogens is 3. The molecule has 0 unspecified atom stereocenters. The minimum Gasteiger partial charge on any atom is -0.235 e. The lowest BCUT2D eigenvalue weighted by Gasteiger charge is -2.16. The van der Waals surface area contributed by atoms with Crippen LogP contribution in [-0.2, 0) is 5.41 Å². The molecular weight excluding hydrogens is 186 g/mol. The van der Waals surface area contributed by atoms with Crippen molar-refractivity contribution in [1.29, 1.82) is 0 Å². The molecule has 0 saturated carbocycles. The first-order chi connectivity index (χ1) is 6.97. The summed E-state index contributed by atoms with van der Waals surface area (Å²) in [6.45, 7) is 8.42. The molecular formula is C12H15N3. The van der Waals surface area contributed by atoms with Crippen LogP contribution in [-0.4, -0.2) is 15.2 Å². The summed E-state index contributed by atoms with van der Waals surface area (Å²) in [7, 11) is 0. The van der Waals surface area contributed by atoms with Gasteiger partial charge in [-0.1, -0.05) is 20.8 Å². The summed E-state index contributed by atoms with van der Waals surface area (Å²) in [5.74, 6) is 0. The van der Waals surface area contributed by atoms with Gasteiger partial charge in [0.25, 0.3) is 0 Å². The number of rotatable bonds is 0. The molecule has 2 heterocycles. The van der Waals surface area contributed by atoms with Crippen molar-refractivity contribution >= 4 is 11.0 Å². The van der Waals surface area contributed by atoms with Crippen molar-refractivity contribution in [2.24, 2.45) is 0 Å². The van der Waals surface area contributed by atoms with E-state index in [1.54, 1.807) is 0 Å². The highest BCUT2D eigenvalue weighted by atomic mass is 15.1. The van der Waals surface area contributed by atoms with Crippen molar-refractivity contribution in [3.8, 4) is 0 Å². The number of fused-ring (bicyclic) bond motifs is 1. The summed E-state index contributed by atoms with van der Waals surface area (Å²) in [6.07, 6.45) is 1.81. The number of pyridine rings is 1. The van der Waals surface area contributed by atoms with Crippen molar-refractivity contribution in [2.75, 3.05) is 0 Å². The summed E-state index contributed by atoms with van der Waals surface area (Å²) >= 11 is 0. The van der Waals surface area contributed by atoms with E-state index in [0.717, 1.165) is 16.6 Å². The molecule has 0 aromatic carbocycles. The van der Waals surface area contributed by atoms with Crippen molar-refractivity contribution in [2.45, 2.75) is 33.1 Å². The topological polar surface area (TPSA) is 38.7 Å². The lowest BCUT2D eigenvalue weighted by molar-refractivity contribution is 0.561. The predicted octanol–water partition coefficient (Wildman–Crippen LogP) is 2.63. The third kappa shape index (κ3) is 1.96. The Morgan fingerprint density at radius 1 is 1.07 bits per heavy atom. The zero-order valence-electron chi connectivity index (χ0n) is 9.57. The van der Waals surface area contributed by atoms with E-state index in [4.69, 9.17) is 0 Å². The van der Waals surface area contributed by atoms with Gasteiger partial charge in [0.1, 0.15) is 0 Å². The molecule has 15 heavy (non-hydrogen) atoms. The number of aryl methyl sites for hydroxylation is 1. The van der Waals surface area contributed by atoms with Gasteiger partial charge >= 0.3 is 0 Å². The third-order valence-corrected chi connectivity index (χ3v) is 2.34. The molecule has 2 aromatic heterocycles. The second-order valence-corrected chi connectivity index (χ2v) is 4.91. The van der Waals surface area contributed by atoms with Crippen LogP contribution < -0.4 is 0 Å². The van der Waals surface area contributed by atoms with E-state index in [1.807, 2.05) is 13.1 Å². The molecule has 0 N–H and O–H groups in total. The Balaban J connectivity index is 2.64. The Kier molecular flexibility index (Phi) is 2.18. The summed E-state index contributed by atoms with van der Waals surface area (Å²) in [4.78, 5) is 4.23. The smallest absolute Gasteiger partial charge is 0.181 e. The second-order valence-electron chi connectivity index (χ2n) is 4.91. The van der Waals surface area contributed by atoms with Crippen LogP contribution in [0.5, 0.6) is 0 Å². The number of nitrogens with zero attached hydrogens (tertiary/aromatic N) is 3. The van der Waals surface area contributed by atoms with E-state index < -0.39 is 0 Å². The van der Waals surface area contributed by atoms with Gasteiger partial charge in [-0.25, -0.2) is 4.98 Å². The first-order valence-corrected chi connectivity index (χ1v) is 5.07. The molecule has 0 bridgehead atoms. The molecule has 0 atom stereocenters. The van der Waals surface area contributed by atoms with Crippen LogP contribution in [0.15, 0.2) is 18.3 Å². The molecule has 0 aliphatic carbocycles. The molecule has 0 amide bonds. The highest BCUT2D eigenvalue weighted by Crippen LogP contribution is 2.21. The first kappa shape index (κ1) is 10.0. The molecule has 0 radical (unpaired) electrons. The van der Waals surface area contributed by atoms with Crippen LogP contribution in [0.2, 0.25) is 0 Å². The average molecular weight is 201 g/mol. The van der Waals surface area contributed by atoms with Gasteiger partial charge in [-0.15, -0.1) is 5.10 Å². The van der Waals surface area contributed by atoms with Gasteiger partial charge in [0, 0.05) is 17.0 Å². The molecule has 0 saturated heterocycles. The third-order valence-electron chi connectivity index (χ3n) is 2.34. The zero-order valence-corrected chi connectivity index (χ0v) is 9.57. The standard InChI is InChI=1S/C12H15N3/c1-8-5-9-6-10(12(2,3)4)14-15-11(9)13-7-8/h5-7H,1-4H3. The fourth-order valence-corrected chi connectivity index (χ4v) is 1.42. The Morgan fingerprint density at radius 2 is 1.80 bits per heavy atom. The Labute approximate surface area is 89.6 Å². The second kappa shape index (κ2) is 3.26. The van der Waals surface area contributed by atoms with Crippen LogP contribution in [0.1, 0.15) is 32.0 Å². The molecule has 3 heteroatoms. The SMILES string of the molecule is Cc1cnc2nnc(C(C)(C)C)cc2c1. The molecule has 0 fully saturated rings. The van der Waals surface area contributed by atoms with E-state index in [1.165, 1.54) is 0 Å². The van der Waals surface area contributed by atoms with Crippen LogP contribution in [0.25, 0.3) is 11.0 Å². The lowest BCUT2D eigenvalue weighted by Crippen LogP contribution is -2.14. The van der Waals surface area contributed by atoms with Crippen molar-refractivity contribution in [3.05, 3.63) is 29.6 Å². The molecule has 78 valence electrons. The summed E-state index contributed by atoms with van der Waals surface area (Å²) in [5.41, 5.74) is 2.90. The highest BCUT2D eigenvalue weighted by Gasteiger charge is 2.16. The van der Waals surface area contributed by atoms with Gasteiger partial charge < -0.3 is 0 Å². The van der Waals surface area contributed by atoms with E-state index in [9.17, 15) is 0 Å². The molecule has 2 rings (SSSR count). The van der Waals surface area contributed by atoms with Gasteiger partial charge in [0.2, 0.25) is 0 Å². The van der Waals surface area contributed by atoms with Crippen LogP contribution in [0.4, 0.5) is 0 Å². The largest absolute Gasteiger partial charge is 0.235 e. The van der Waals surface area contributed by atoms with E-state index in [2.05, 4.69) is 48.1 Å². The minimum atomic E-state index is 0.0327. The van der Waals surface area contributed by atoms with Crippen LogP contribution in [0.3, 0.4) is 0 Å². The van der Waals surface area contributed by atoms with Gasteiger partial charge in [0.15, 0.2) is 5.65 Å². The maximum absolute atomic E-state index is 4.23. The summed E-state index contributed by atoms with van der Waals surface area (Å²) < 4.78 is 0. The van der Waals surface area contributed by atoms with Gasteiger partial charge in [-0.2, -0.15) is 5.10 Å². The monoisotopic (exact) mass is 201 g/mol. The number of hydrogen-bond acceptors (Lipinski definition) is 3. The Hall–Kier alpha value is -1.51. The normalized spacial score (nSPS) is 12.0. The van der Waals surface area contributed by atoms with Crippen molar-refractivity contribution in [3.63, 3.8) is 0 Å².